The number of amides is 2. The van der Waals surface area contributed by atoms with Gasteiger partial charge in [-0.25, -0.2) is 4.79 Å². The van der Waals surface area contributed by atoms with Crippen LogP contribution in [-0.4, -0.2) is 83.0 Å². The third-order valence-corrected chi connectivity index (χ3v) is 6.84. The van der Waals surface area contributed by atoms with E-state index in [1.807, 2.05) is 0 Å². The van der Waals surface area contributed by atoms with Crippen molar-refractivity contribution in [3.63, 3.8) is 0 Å². The van der Waals surface area contributed by atoms with E-state index < -0.39 is 52.7 Å². The lowest BCUT2D eigenvalue weighted by Gasteiger charge is -2.38. The molecule has 220 valence electrons. The zero-order valence-electron chi connectivity index (χ0n) is 24.2. The zero-order valence-corrected chi connectivity index (χ0v) is 24.2. The van der Waals surface area contributed by atoms with Crippen LogP contribution in [0.2, 0.25) is 0 Å². The lowest BCUT2D eigenvalue weighted by atomic mass is 9.71. The molecule has 1 saturated heterocycles. The van der Waals surface area contributed by atoms with E-state index in [1.165, 1.54) is 14.2 Å². The van der Waals surface area contributed by atoms with Gasteiger partial charge in [-0.1, -0.05) is 0 Å². The van der Waals surface area contributed by atoms with Gasteiger partial charge in [-0.15, -0.1) is 0 Å². The second-order valence-electron chi connectivity index (χ2n) is 10.7. The van der Waals surface area contributed by atoms with Crippen molar-refractivity contribution in [2.45, 2.75) is 52.1 Å². The van der Waals surface area contributed by atoms with Gasteiger partial charge in [-0.3, -0.25) is 24.1 Å². The predicted molar refractivity (Wildman–Crippen MR) is 144 cm³/mol. The molecule has 1 aliphatic heterocycles. The molecule has 0 aliphatic carbocycles. The molecule has 13 nitrogen and oxygen atoms in total. The van der Waals surface area contributed by atoms with Crippen LogP contribution in [-0.2, 0) is 46.9 Å². The van der Waals surface area contributed by atoms with Gasteiger partial charge in [0.15, 0.2) is 11.5 Å². The van der Waals surface area contributed by atoms with Gasteiger partial charge in [0.05, 0.1) is 39.7 Å². The van der Waals surface area contributed by atoms with Crippen LogP contribution >= 0.6 is 0 Å². The number of nitrogens with zero attached hydrogens (tertiary/aromatic N) is 4. The highest BCUT2D eigenvalue weighted by Crippen LogP contribution is 2.40. The van der Waals surface area contributed by atoms with Crippen molar-refractivity contribution in [2.24, 2.45) is 12.5 Å². The maximum Gasteiger partial charge on any atom is 0.442 e. The fraction of sp³-hybridized carbons (Fsp3) is 0.500. The first-order valence-corrected chi connectivity index (χ1v) is 12.8. The van der Waals surface area contributed by atoms with Gasteiger partial charge in [0.2, 0.25) is 11.8 Å². The fourth-order valence-electron chi connectivity index (χ4n) is 5.11. The monoisotopic (exact) mass is 570 g/mol. The minimum Gasteiger partial charge on any atom is -0.493 e. The summed E-state index contributed by atoms with van der Waals surface area (Å²) in [5.41, 5.74) is 6.48. The summed E-state index contributed by atoms with van der Waals surface area (Å²) in [6.45, 7) is 4.82. The predicted octanol–water partition coefficient (Wildman–Crippen LogP) is 2.02. The molecule has 0 N–H and O–H groups in total. The summed E-state index contributed by atoms with van der Waals surface area (Å²) >= 11 is 0. The number of ether oxygens (including phenoxy) is 4. The number of ketones is 1. The number of rotatable bonds is 9. The molecule has 1 atom stereocenters. The number of aromatic nitrogens is 1. The minimum absolute atomic E-state index is 0.0211. The first kappa shape index (κ1) is 31.0. The summed E-state index contributed by atoms with van der Waals surface area (Å²) in [7, 11) is 5.75. The molecule has 3 rings (SSSR count). The first-order valence-electron chi connectivity index (χ1n) is 12.8. The van der Waals surface area contributed by atoms with E-state index in [0.29, 0.717) is 28.0 Å². The molecule has 1 aliphatic rings. The van der Waals surface area contributed by atoms with E-state index in [0.717, 1.165) is 12.0 Å². The standard InChI is InChI=1S/C28H34N4O9/c1-27(2,3)41-20(34)14-28(24(35)21(30-29)25(36)40-7)11-8-12-32(26(28)37)19(33)13-16-15-31(4)22-17(16)9-10-18(38-5)23(22)39-6/h9-10,15H,8,11-14H2,1-7H3/t28-/m0/s1. The van der Waals surface area contributed by atoms with Gasteiger partial charge in [0, 0.05) is 25.2 Å². The number of hydrogen-bond acceptors (Lipinski definition) is 9. The van der Waals surface area contributed by atoms with E-state index in [9.17, 15) is 29.5 Å². The van der Waals surface area contributed by atoms with Gasteiger partial charge < -0.3 is 29.0 Å². The molecular formula is C28H34N4O9. The number of benzene rings is 1. The van der Waals surface area contributed by atoms with Gasteiger partial charge in [0.25, 0.3) is 5.78 Å². The summed E-state index contributed by atoms with van der Waals surface area (Å²) in [5, 5.41) is 0.694. The third kappa shape index (κ3) is 5.99. The number of hydrogen-bond donors (Lipinski definition) is 0. The molecule has 1 aromatic heterocycles. The molecule has 1 aromatic carbocycles. The van der Waals surface area contributed by atoms with Crippen LogP contribution in [0.25, 0.3) is 16.4 Å². The molecule has 0 bridgehead atoms. The number of likely N-dealkylation sites (tertiary alicyclic amines) is 1. The van der Waals surface area contributed by atoms with Crippen LogP contribution in [0.4, 0.5) is 0 Å². The second kappa shape index (κ2) is 11.9. The van der Waals surface area contributed by atoms with E-state index >= 15 is 0 Å². The SMILES string of the molecule is COC(=O)C(=[N+]=[N-])C(=O)[C@@]1(CC(=O)OC(C)(C)C)CCCN(C(=O)Cc2cn(C)c3c(OC)c(OC)ccc23)C1=O. The van der Waals surface area contributed by atoms with E-state index in [-0.39, 0.29) is 25.8 Å². The molecule has 0 spiro atoms. The number of fused-ring (bicyclic) bond motifs is 1. The largest absolute Gasteiger partial charge is 0.493 e. The fourth-order valence-corrected chi connectivity index (χ4v) is 5.11. The summed E-state index contributed by atoms with van der Waals surface area (Å²) in [6.07, 6.45) is 0.702. The van der Waals surface area contributed by atoms with Crippen molar-refractivity contribution in [1.29, 1.82) is 0 Å². The maximum absolute atomic E-state index is 14.0. The maximum atomic E-state index is 14.0. The van der Waals surface area contributed by atoms with Crippen LogP contribution < -0.4 is 9.47 Å². The van der Waals surface area contributed by atoms with Gasteiger partial charge in [-0.05, 0) is 51.3 Å². The summed E-state index contributed by atoms with van der Waals surface area (Å²) in [6, 6.07) is 3.47. The molecule has 1 fully saturated rings. The summed E-state index contributed by atoms with van der Waals surface area (Å²) < 4.78 is 22.6. The first-order chi connectivity index (χ1) is 19.2. The Kier molecular flexibility index (Phi) is 9.03. The molecule has 41 heavy (non-hydrogen) atoms. The third-order valence-electron chi connectivity index (χ3n) is 6.84. The Morgan fingerprint density at radius 1 is 1.10 bits per heavy atom. The number of imide groups is 1. The van der Waals surface area contributed by atoms with Crippen molar-refractivity contribution in [2.75, 3.05) is 27.9 Å². The number of carbonyl (C=O) groups excluding carboxylic acids is 5. The van der Waals surface area contributed by atoms with Crippen molar-refractivity contribution in [1.82, 2.24) is 9.47 Å². The molecule has 13 heteroatoms. The highest BCUT2D eigenvalue weighted by Gasteiger charge is 2.58. The van der Waals surface area contributed by atoms with Gasteiger partial charge in [-0.2, -0.15) is 4.79 Å². The Morgan fingerprint density at radius 3 is 2.34 bits per heavy atom. The number of esters is 2. The van der Waals surface area contributed by atoms with Crippen molar-refractivity contribution < 1.29 is 47.7 Å². The van der Waals surface area contributed by atoms with Crippen LogP contribution in [0.3, 0.4) is 0 Å². The Morgan fingerprint density at radius 2 is 1.78 bits per heavy atom. The summed E-state index contributed by atoms with van der Waals surface area (Å²) in [5.74, 6) is -4.07. The molecule has 2 heterocycles. The average Bonchev–Trinajstić information content (AvgIpc) is 3.22. The minimum atomic E-state index is -2.22. The molecule has 2 aromatic rings. The second-order valence-corrected chi connectivity index (χ2v) is 10.7. The lowest BCUT2D eigenvalue weighted by Crippen LogP contribution is -2.58. The lowest BCUT2D eigenvalue weighted by molar-refractivity contribution is -0.169. The Balaban J connectivity index is 2.03. The van der Waals surface area contributed by atoms with Crippen molar-refractivity contribution in [3.8, 4) is 11.5 Å². The van der Waals surface area contributed by atoms with Gasteiger partial charge >= 0.3 is 17.7 Å². The Bertz CT molecular complexity index is 1460. The van der Waals surface area contributed by atoms with Crippen LogP contribution in [0.5, 0.6) is 11.5 Å². The normalized spacial score (nSPS) is 17.0. The zero-order chi connectivity index (χ0) is 30.7. The molecule has 0 radical (unpaired) electrons. The van der Waals surface area contributed by atoms with E-state index in [2.05, 4.69) is 9.53 Å². The quantitative estimate of drug-likeness (QED) is 0.144. The van der Waals surface area contributed by atoms with Gasteiger partial charge in [0.1, 0.15) is 11.0 Å². The van der Waals surface area contributed by atoms with Crippen LogP contribution in [0.1, 0.15) is 45.6 Å². The smallest absolute Gasteiger partial charge is 0.442 e. The highest BCUT2D eigenvalue weighted by molar-refractivity contribution is 6.65. The number of methoxy groups -OCH3 is 3. The van der Waals surface area contributed by atoms with E-state index in [1.54, 1.807) is 50.7 Å². The average molecular weight is 571 g/mol. The van der Waals surface area contributed by atoms with Crippen molar-refractivity contribution >= 4 is 46.2 Å². The molecular weight excluding hydrogens is 536 g/mol. The number of piperidine rings is 1. The number of aryl methyl sites for hydroxylation is 1. The van der Waals surface area contributed by atoms with Crippen LogP contribution in [0.15, 0.2) is 18.3 Å². The topological polar surface area (TPSA) is 167 Å². The molecule has 0 saturated carbocycles. The molecule has 2 amide bonds. The number of Topliss-reactive ketones (excluding diaryl/α,β-unsaturated/α-hetero) is 1. The number of carbonyl (C=O) groups is 5. The highest BCUT2D eigenvalue weighted by atomic mass is 16.6. The summed E-state index contributed by atoms with van der Waals surface area (Å²) in [4.78, 5) is 69.9. The Labute approximate surface area is 236 Å². The van der Waals surface area contributed by atoms with E-state index in [4.69, 9.17) is 14.2 Å². The van der Waals surface area contributed by atoms with Crippen LogP contribution in [0, 0.1) is 5.41 Å². The molecule has 0 unspecified atom stereocenters. The Hall–Kier alpha value is -4.51. The van der Waals surface area contributed by atoms with Crippen molar-refractivity contribution in [3.05, 3.63) is 29.4 Å².